The molecule has 398 valence electrons. The van der Waals surface area contributed by atoms with Crippen molar-refractivity contribution < 1.29 is 105 Å². The summed E-state index contributed by atoms with van der Waals surface area (Å²) < 4.78 is 103. The molecular formula is C44H87AgF2O16SSi2. The Morgan fingerprint density at radius 3 is 1.52 bits per heavy atom. The second kappa shape index (κ2) is 35.7. The van der Waals surface area contributed by atoms with E-state index in [2.05, 4.69) is 37.5 Å². The first kappa shape index (κ1) is 71.2. The molecule has 4 unspecified atom stereocenters. The van der Waals surface area contributed by atoms with E-state index in [-0.39, 0.29) is 63.6 Å². The average molecular weight is 1110 g/mol. The average Bonchev–Trinajstić information content (AvgIpc) is 4.04. The molecule has 1 rings (SSSR count). The second-order valence-corrected chi connectivity index (χ2v) is 29.1. The molecule has 1 aliphatic rings. The zero-order valence-corrected chi connectivity index (χ0v) is 47.4. The summed E-state index contributed by atoms with van der Waals surface area (Å²) in [4.78, 5) is 45.6. The molecule has 4 atom stereocenters. The van der Waals surface area contributed by atoms with Gasteiger partial charge in [-0.1, -0.05) is 41.5 Å². The van der Waals surface area contributed by atoms with E-state index in [0.717, 1.165) is 38.3 Å². The molecule has 0 spiro atoms. The molecule has 0 aromatic carbocycles. The van der Waals surface area contributed by atoms with Crippen molar-refractivity contribution in [2.45, 2.75) is 171 Å². The van der Waals surface area contributed by atoms with E-state index in [1.807, 2.05) is 55.4 Å². The number of alkyl halides is 2. The molecular weight excluding hydrogens is 1020 g/mol. The number of ether oxygens (including phenoxy) is 8. The molecule has 0 N–H and O–H groups in total. The first-order valence-corrected chi connectivity index (χ1v) is 30.7. The molecule has 22 heteroatoms. The Hall–Kier alpha value is -1.38. The van der Waals surface area contributed by atoms with Crippen LogP contribution in [0.2, 0.25) is 38.8 Å². The van der Waals surface area contributed by atoms with Gasteiger partial charge in [-0.05, 0) is 112 Å². The number of rotatable bonds is 29. The van der Waals surface area contributed by atoms with E-state index in [9.17, 15) is 40.9 Å². The summed E-state index contributed by atoms with van der Waals surface area (Å²) in [6.45, 7) is 37.2. The van der Waals surface area contributed by atoms with Crippen LogP contribution >= 0.6 is 0 Å². The van der Waals surface area contributed by atoms with Crippen molar-refractivity contribution in [3.8, 4) is 0 Å². The van der Waals surface area contributed by atoms with E-state index in [4.69, 9.17) is 37.3 Å². The predicted molar refractivity (Wildman–Crippen MR) is 249 cm³/mol. The number of carbonyl (C=O) groups excluding carboxylic acids is 4. The summed E-state index contributed by atoms with van der Waals surface area (Å²) in [5, 5.41) is -4.63. The van der Waals surface area contributed by atoms with E-state index in [0.29, 0.717) is 72.8 Å². The van der Waals surface area contributed by atoms with Gasteiger partial charge in [0.25, 0.3) is 0 Å². The summed E-state index contributed by atoms with van der Waals surface area (Å²) >= 11 is 0. The fourth-order valence-corrected chi connectivity index (χ4v) is 12.9. The van der Waals surface area contributed by atoms with Gasteiger partial charge in [-0.3, -0.25) is 19.2 Å². The molecule has 0 aromatic rings. The van der Waals surface area contributed by atoms with Gasteiger partial charge >= 0.3 is 51.5 Å². The van der Waals surface area contributed by atoms with Crippen LogP contribution in [0.3, 0.4) is 0 Å². The van der Waals surface area contributed by atoms with Gasteiger partial charge in [0.2, 0.25) is 0 Å². The normalized spacial score (nSPS) is 15.3. The molecule has 0 bridgehead atoms. The minimum absolute atomic E-state index is 0. The Kier molecular flexibility index (Phi) is 38.5. The topological polar surface area (TPSA) is 212 Å². The molecule has 66 heavy (non-hydrogen) atoms. The van der Waals surface area contributed by atoms with Crippen LogP contribution in [-0.2, 0) is 93.7 Å². The molecule has 1 heterocycles. The van der Waals surface area contributed by atoms with Crippen molar-refractivity contribution >= 4 is 50.6 Å². The van der Waals surface area contributed by atoms with Crippen LogP contribution in [0.15, 0.2) is 0 Å². The Bertz CT molecular complexity index is 1450. The molecule has 1 aliphatic heterocycles. The van der Waals surface area contributed by atoms with E-state index in [1.54, 1.807) is 6.92 Å². The van der Waals surface area contributed by atoms with Gasteiger partial charge in [0.05, 0.1) is 68.9 Å². The molecule has 16 nitrogen and oxygen atoms in total. The predicted octanol–water partition coefficient (Wildman–Crippen LogP) is 8.52. The molecule has 0 amide bonds. The van der Waals surface area contributed by atoms with Crippen LogP contribution in [0.4, 0.5) is 8.78 Å². The first-order valence-electron chi connectivity index (χ1n) is 22.8. The number of esters is 4. The number of halogens is 2. The molecule has 1 saturated heterocycles. The third-order valence-corrected chi connectivity index (χ3v) is 17.2. The maximum absolute atomic E-state index is 13.0. The fraction of sp³-hybridized carbons (Fsp3) is 0.909. The van der Waals surface area contributed by atoms with E-state index < -0.39 is 49.5 Å². The van der Waals surface area contributed by atoms with E-state index >= 15 is 0 Å². The standard InChI is InChI=1S/C14H32O3Si2.C11H22O4.C10H18O4.C9H16F2O5S.Ag/c1-9-14(2,3)13(15)16-11-10-12-19(7,8)17-18(4,5)6;1-4-10(3)11(12)15-9-8-14-7-6-13-5-2;1-3-8(2)10(11)13-5-4-12-6-9-7-14-9;1-5-8(3,4)7(12)16-6(2)9(10,11)17(13,14)15;/h9-12H2,1-8H3;10H,4-9H2,1-3H3;8-9H,3-7H2,1-2H3;6H,5H2,1-4H3,(H,13,14,15);/q;;;;+1/p-1. The second-order valence-electron chi connectivity index (χ2n) is 18.5. The van der Waals surface area contributed by atoms with Crippen LogP contribution in [0.25, 0.3) is 0 Å². The van der Waals surface area contributed by atoms with Crippen molar-refractivity contribution in [2.75, 3.05) is 66.1 Å². The zero-order valence-electron chi connectivity index (χ0n) is 43.1. The maximum Gasteiger partial charge on any atom is 1.00 e. The van der Waals surface area contributed by atoms with Crippen LogP contribution in [-0.4, -0.2) is 137 Å². The third-order valence-electron chi connectivity index (χ3n) is 9.96. The minimum atomic E-state index is -5.86. The van der Waals surface area contributed by atoms with E-state index in [1.165, 1.54) is 13.8 Å². The summed E-state index contributed by atoms with van der Waals surface area (Å²) in [5.41, 5.74) is -1.38. The molecule has 0 radical (unpaired) electrons. The van der Waals surface area contributed by atoms with Crippen LogP contribution in [0.1, 0.15) is 115 Å². The monoisotopic (exact) mass is 1100 g/mol. The van der Waals surface area contributed by atoms with Crippen molar-refractivity contribution in [1.82, 2.24) is 0 Å². The fourth-order valence-electron chi connectivity index (χ4n) is 4.38. The summed E-state index contributed by atoms with van der Waals surface area (Å²) in [7, 11) is -8.91. The van der Waals surface area contributed by atoms with Crippen molar-refractivity contribution in [2.24, 2.45) is 22.7 Å². The first-order chi connectivity index (χ1) is 29.7. The largest absolute Gasteiger partial charge is 1.00 e. The van der Waals surface area contributed by atoms with Crippen molar-refractivity contribution in [3.63, 3.8) is 0 Å². The molecule has 1 fully saturated rings. The quantitative estimate of drug-likeness (QED) is 0.0171. The van der Waals surface area contributed by atoms with Gasteiger partial charge in [0.1, 0.15) is 19.3 Å². The molecule has 0 aromatic heterocycles. The number of hydrogen-bond donors (Lipinski definition) is 0. The maximum atomic E-state index is 13.0. The smallest absolute Gasteiger partial charge is 0.743 e. The van der Waals surface area contributed by atoms with Crippen LogP contribution < -0.4 is 0 Å². The van der Waals surface area contributed by atoms with Gasteiger partial charge in [0, 0.05) is 6.61 Å². The summed E-state index contributed by atoms with van der Waals surface area (Å²) in [6.07, 6.45) is 1.64. The molecule has 0 saturated carbocycles. The van der Waals surface area contributed by atoms with Crippen LogP contribution in [0.5, 0.6) is 0 Å². The van der Waals surface area contributed by atoms with Gasteiger partial charge in [-0.15, -0.1) is 0 Å². The summed E-state index contributed by atoms with van der Waals surface area (Å²) in [6, 6.07) is 1.05. The number of hydrogen-bond acceptors (Lipinski definition) is 16. The van der Waals surface area contributed by atoms with Crippen LogP contribution in [0, 0.1) is 22.7 Å². The van der Waals surface area contributed by atoms with Gasteiger partial charge < -0.3 is 46.6 Å². The van der Waals surface area contributed by atoms with Gasteiger partial charge in [-0.2, -0.15) is 8.78 Å². The SMILES string of the molecule is CCC(C)(C)C(=O)OC(C)C(F)(F)S(=O)(=O)[O-].CCC(C)(C)C(=O)OCCC[Si](C)(C)O[Si](C)(C)C.CCC(C)C(=O)OCCOCC1CO1.CCOCCOCCOC(=O)C(C)CC.[Ag+]. The van der Waals surface area contributed by atoms with Crippen molar-refractivity contribution in [1.29, 1.82) is 0 Å². The number of carbonyl (C=O) groups is 4. The number of epoxide rings is 1. The van der Waals surface area contributed by atoms with Crippen molar-refractivity contribution in [3.05, 3.63) is 0 Å². The summed E-state index contributed by atoms with van der Waals surface area (Å²) in [5.74, 6) is -1.38. The Morgan fingerprint density at radius 1 is 0.697 bits per heavy atom. The van der Waals surface area contributed by atoms with Gasteiger partial charge in [0.15, 0.2) is 32.9 Å². The Morgan fingerprint density at radius 2 is 1.12 bits per heavy atom. The minimum Gasteiger partial charge on any atom is -0.743 e. The Balaban J connectivity index is -0.000000389. The molecule has 0 aliphatic carbocycles. The third kappa shape index (κ3) is 35.7. The van der Waals surface area contributed by atoms with Gasteiger partial charge in [-0.25, -0.2) is 8.42 Å². The Labute approximate surface area is 414 Å². The zero-order chi connectivity index (χ0) is 51.3.